The van der Waals surface area contributed by atoms with Gasteiger partial charge in [0.25, 0.3) is 7.14 Å². The Labute approximate surface area is 187 Å². The van der Waals surface area contributed by atoms with Crippen LogP contribution in [0.1, 0.15) is 26.3 Å². The van der Waals surface area contributed by atoms with Crippen molar-refractivity contribution in [3.63, 3.8) is 0 Å². The summed E-state index contributed by atoms with van der Waals surface area (Å²) in [6.45, 7) is 1.66. The molecule has 3 rings (SSSR count). The first-order valence-electron chi connectivity index (χ1n) is 8.33. The van der Waals surface area contributed by atoms with Gasteiger partial charge in [0, 0.05) is 5.56 Å². The van der Waals surface area contributed by atoms with Crippen LogP contribution < -0.4 is 5.30 Å². The topological polar surface area (TPSA) is 51.2 Å². The molecule has 0 heterocycles. The van der Waals surface area contributed by atoms with Crippen LogP contribution in [0.15, 0.2) is 60.7 Å². The van der Waals surface area contributed by atoms with Gasteiger partial charge in [-0.1, -0.05) is 88.9 Å². The molecule has 0 radical (unpaired) electrons. The van der Waals surface area contributed by atoms with Crippen LogP contribution >= 0.6 is 53.5 Å². The highest BCUT2D eigenvalue weighted by Crippen LogP contribution is 2.55. The third kappa shape index (κ3) is 3.91. The average molecular weight is 486 g/mol. The molecule has 8 heteroatoms. The molecule has 0 fully saturated rings. The molecule has 3 aromatic rings. The zero-order valence-electron chi connectivity index (χ0n) is 15.0. The third-order valence-electron chi connectivity index (χ3n) is 4.34. The Balaban J connectivity index is 2.38. The molecule has 0 spiro atoms. The Kier molecular flexibility index (Phi) is 6.57. The molecule has 1 unspecified atom stereocenters. The van der Waals surface area contributed by atoms with Gasteiger partial charge >= 0.3 is 0 Å². The highest BCUT2D eigenvalue weighted by atomic mass is 35.5. The Bertz CT molecular complexity index is 1160. The second-order valence-electron chi connectivity index (χ2n) is 6.21. The van der Waals surface area contributed by atoms with Gasteiger partial charge < -0.3 is 4.57 Å². The summed E-state index contributed by atoms with van der Waals surface area (Å²) in [5.41, 5.74) is -1.52. The summed E-state index contributed by atoms with van der Waals surface area (Å²) >= 11 is 25.1. The summed E-state index contributed by atoms with van der Waals surface area (Å²) in [4.78, 5) is 27.0. The zero-order chi connectivity index (χ0) is 21.3. The lowest BCUT2D eigenvalue weighted by atomic mass is 10.2. The minimum atomic E-state index is -4.56. The lowest BCUT2D eigenvalue weighted by Crippen LogP contribution is -2.23. The summed E-state index contributed by atoms with van der Waals surface area (Å²) in [7, 11) is -4.56. The monoisotopic (exact) mass is 484 g/mol. The van der Waals surface area contributed by atoms with Crippen LogP contribution in [-0.2, 0) is 4.57 Å². The minimum Gasteiger partial charge on any atom is -0.302 e. The van der Waals surface area contributed by atoms with Gasteiger partial charge in [-0.2, -0.15) is 0 Å². The summed E-state index contributed by atoms with van der Waals surface area (Å²) < 4.78 is 14.3. The highest BCUT2D eigenvalue weighted by molar-refractivity contribution is 8.01. The molecule has 0 aromatic heterocycles. The molecule has 0 aliphatic carbocycles. The van der Waals surface area contributed by atoms with Gasteiger partial charge in [-0.3, -0.25) is 9.59 Å². The van der Waals surface area contributed by atoms with Crippen LogP contribution in [0, 0.1) is 6.92 Å². The smallest absolute Gasteiger partial charge is 0.251 e. The predicted octanol–water partition coefficient (Wildman–Crippen LogP) is 7.28. The van der Waals surface area contributed by atoms with E-state index in [9.17, 15) is 14.2 Å². The maximum atomic E-state index is 14.3. The molecule has 3 aromatic carbocycles. The summed E-state index contributed by atoms with van der Waals surface area (Å²) in [6.07, 6.45) is 0. The number of carbonyl (C=O) groups excluding carboxylic acids is 2. The lowest BCUT2D eigenvalue weighted by Gasteiger charge is -2.21. The Morgan fingerprint density at radius 1 is 0.724 bits per heavy atom. The first-order chi connectivity index (χ1) is 13.7. The Morgan fingerprint density at radius 2 is 1.31 bits per heavy atom. The van der Waals surface area contributed by atoms with Crippen molar-refractivity contribution in [2.45, 2.75) is 6.92 Å². The van der Waals surface area contributed by atoms with Crippen molar-refractivity contribution >= 4 is 69.9 Å². The van der Waals surface area contributed by atoms with E-state index in [-0.39, 0.29) is 36.5 Å². The van der Waals surface area contributed by atoms with E-state index in [0.717, 1.165) is 0 Å². The van der Waals surface area contributed by atoms with Crippen molar-refractivity contribution in [1.29, 1.82) is 0 Å². The zero-order valence-corrected chi connectivity index (χ0v) is 18.9. The van der Waals surface area contributed by atoms with Crippen LogP contribution in [0.25, 0.3) is 0 Å². The number of hydrogen-bond acceptors (Lipinski definition) is 3. The van der Waals surface area contributed by atoms with E-state index in [1.54, 1.807) is 31.2 Å². The maximum Gasteiger partial charge on any atom is 0.251 e. The van der Waals surface area contributed by atoms with Gasteiger partial charge in [0.15, 0.2) is 0 Å². The van der Waals surface area contributed by atoms with E-state index in [1.807, 2.05) is 0 Å². The van der Waals surface area contributed by atoms with Crippen LogP contribution in [0.3, 0.4) is 0 Å². The molecule has 0 N–H and O–H groups in total. The van der Waals surface area contributed by atoms with Crippen molar-refractivity contribution < 1.29 is 14.2 Å². The summed E-state index contributed by atoms with van der Waals surface area (Å²) in [5.74, 6) is 0. The molecule has 0 saturated carbocycles. The van der Waals surface area contributed by atoms with Crippen LogP contribution in [0.5, 0.6) is 0 Å². The van der Waals surface area contributed by atoms with Crippen molar-refractivity contribution in [2.75, 3.05) is 0 Å². The van der Waals surface area contributed by atoms with E-state index >= 15 is 0 Å². The molecule has 0 saturated heterocycles. The Hall–Kier alpha value is -1.61. The highest BCUT2D eigenvalue weighted by Gasteiger charge is 2.47. The maximum absolute atomic E-state index is 14.3. The van der Waals surface area contributed by atoms with Gasteiger partial charge in [-0.05, 0) is 30.7 Å². The molecule has 0 bridgehead atoms. The summed E-state index contributed by atoms with van der Waals surface area (Å²) in [5, 5.41) is -0.325. The molecule has 29 heavy (non-hydrogen) atoms. The van der Waals surface area contributed by atoms with Gasteiger partial charge in [-0.15, -0.1) is 0 Å². The van der Waals surface area contributed by atoms with Crippen molar-refractivity contribution in [3.05, 3.63) is 97.4 Å². The van der Waals surface area contributed by atoms with Crippen LogP contribution in [0.4, 0.5) is 0 Å². The normalized spacial score (nSPS) is 13.0. The standard InChI is InChI=1S/C21H13Cl4O3P/c1-12-10-11-16(24)19(18(12)25)29(28,20(26)13-6-3-2-4-7-13)21(27)17-14(22)8-5-9-15(17)23/h2-11H,1H3. The van der Waals surface area contributed by atoms with Gasteiger partial charge in [-0.25, -0.2) is 0 Å². The van der Waals surface area contributed by atoms with Crippen molar-refractivity contribution in [2.24, 2.45) is 0 Å². The second-order valence-corrected chi connectivity index (χ2v) is 10.3. The van der Waals surface area contributed by atoms with Gasteiger partial charge in [0.2, 0.25) is 11.0 Å². The molecule has 3 nitrogen and oxygen atoms in total. The fraction of sp³-hybridized carbons (Fsp3) is 0.0476. The van der Waals surface area contributed by atoms with E-state index in [1.165, 1.54) is 36.4 Å². The largest absolute Gasteiger partial charge is 0.302 e. The lowest BCUT2D eigenvalue weighted by molar-refractivity contribution is 0.104. The Morgan fingerprint density at radius 3 is 1.90 bits per heavy atom. The molecule has 148 valence electrons. The van der Waals surface area contributed by atoms with Gasteiger partial charge in [0.1, 0.15) is 0 Å². The summed E-state index contributed by atoms with van der Waals surface area (Å²) in [6, 6.07) is 15.3. The first-order valence-corrected chi connectivity index (χ1v) is 11.6. The quantitative estimate of drug-likeness (QED) is 0.357. The molecular weight excluding hydrogens is 473 g/mol. The average Bonchev–Trinajstić information content (AvgIpc) is 2.70. The molecule has 1 atom stereocenters. The second kappa shape index (κ2) is 8.63. The minimum absolute atomic E-state index is 0.0124. The number of halogens is 4. The number of benzene rings is 3. The van der Waals surface area contributed by atoms with Crippen molar-refractivity contribution in [1.82, 2.24) is 0 Å². The van der Waals surface area contributed by atoms with E-state index < -0.39 is 18.2 Å². The molecule has 0 aliphatic heterocycles. The molecular formula is C21H13Cl4O3P. The number of hydrogen-bond donors (Lipinski definition) is 0. The predicted molar refractivity (Wildman–Crippen MR) is 120 cm³/mol. The van der Waals surface area contributed by atoms with Crippen LogP contribution in [-0.4, -0.2) is 11.0 Å². The van der Waals surface area contributed by atoms with Crippen molar-refractivity contribution in [3.8, 4) is 0 Å². The third-order valence-corrected chi connectivity index (χ3v) is 8.76. The number of rotatable bonds is 5. The fourth-order valence-electron chi connectivity index (χ4n) is 2.85. The van der Waals surface area contributed by atoms with E-state index in [2.05, 4.69) is 0 Å². The number of aryl methyl sites for hydroxylation is 1. The van der Waals surface area contributed by atoms with E-state index in [0.29, 0.717) is 5.56 Å². The van der Waals surface area contributed by atoms with Crippen LogP contribution in [0.2, 0.25) is 20.1 Å². The number of carbonyl (C=O) groups is 2. The van der Waals surface area contributed by atoms with E-state index in [4.69, 9.17) is 46.4 Å². The molecule has 0 amide bonds. The van der Waals surface area contributed by atoms with Gasteiger partial charge in [0.05, 0.1) is 31.0 Å². The first kappa shape index (κ1) is 22.1. The SMILES string of the molecule is Cc1ccc(Cl)c(P(=O)(C(=O)c2ccccc2)C(=O)c2c(Cl)cccc2Cl)c1Cl. The molecule has 0 aliphatic rings. The fourth-order valence-corrected chi connectivity index (χ4v) is 7.12.